The first-order valence-corrected chi connectivity index (χ1v) is 6.55. The lowest BCUT2D eigenvalue weighted by atomic mass is 9.86. The van der Waals surface area contributed by atoms with Crippen LogP contribution in [-0.4, -0.2) is 37.8 Å². The van der Waals surface area contributed by atoms with Crippen LogP contribution in [-0.2, 0) is 9.31 Å². The van der Waals surface area contributed by atoms with Crippen molar-refractivity contribution in [1.29, 1.82) is 0 Å². The van der Waals surface area contributed by atoms with Gasteiger partial charge < -0.3 is 9.31 Å². The zero-order valence-electron chi connectivity index (χ0n) is 12.1. The van der Waals surface area contributed by atoms with Gasteiger partial charge in [0.15, 0.2) is 0 Å². The van der Waals surface area contributed by atoms with Gasteiger partial charge in [-0.1, -0.05) is 0 Å². The predicted molar refractivity (Wildman–Crippen MR) is 74.9 cm³/mol. The molecular weight excluding hydrogens is 255 g/mol. The van der Waals surface area contributed by atoms with Crippen molar-refractivity contribution in [2.45, 2.75) is 38.9 Å². The van der Waals surface area contributed by atoms with Crippen molar-refractivity contribution in [2.24, 2.45) is 0 Å². The van der Waals surface area contributed by atoms with E-state index in [1.54, 1.807) is 12.5 Å². The van der Waals surface area contributed by atoms with Crippen molar-refractivity contribution < 1.29 is 9.31 Å². The van der Waals surface area contributed by atoms with E-state index in [0.29, 0.717) is 0 Å². The molecule has 3 heterocycles. The normalized spacial score (nSPS) is 20.3. The van der Waals surface area contributed by atoms with Gasteiger partial charge in [0.2, 0.25) is 0 Å². The van der Waals surface area contributed by atoms with Crippen LogP contribution in [0.2, 0.25) is 0 Å². The molecule has 3 rings (SSSR count). The summed E-state index contributed by atoms with van der Waals surface area (Å²) >= 11 is 0. The number of rotatable bonds is 2. The van der Waals surface area contributed by atoms with E-state index in [2.05, 4.69) is 15.0 Å². The fourth-order valence-corrected chi connectivity index (χ4v) is 1.99. The second kappa shape index (κ2) is 4.39. The molecule has 2 aromatic rings. The molecule has 1 aliphatic rings. The Morgan fingerprint density at radius 2 is 1.80 bits per heavy atom. The van der Waals surface area contributed by atoms with Crippen LogP contribution in [0.5, 0.6) is 0 Å². The Balaban J connectivity index is 1.86. The summed E-state index contributed by atoms with van der Waals surface area (Å²) in [6.07, 6.45) is 6.76. The third kappa shape index (κ3) is 2.12. The summed E-state index contributed by atoms with van der Waals surface area (Å²) in [6.45, 7) is 8.09. The molecule has 7 heteroatoms. The lowest BCUT2D eigenvalue weighted by Gasteiger charge is -2.32. The molecule has 0 spiro atoms. The van der Waals surface area contributed by atoms with Crippen molar-refractivity contribution in [3.8, 4) is 5.82 Å². The van der Waals surface area contributed by atoms with E-state index in [-0.39, 0.29) is 11.2 Å². The van der Waals surface area contributed by atoms with Crippen molar-refractivity contribution in [3.63, 3.8) is 0 Å². The summed E-state index contributed by atoms with van der Waals surface area (Å²) in [6, 6.07) is 1.82. The molecule has 0 N–H and O–H groups in total. The number of aromatic nitrogens is 4. The van der Waals surface area contributed by atoms with E-state index in [4.69, 9.17) is 9.31 Å². The third-order valence-corrected chi connectivity index (χ3v) is 3.93. The first-order valence-electron chi connectivity index (χ1n) is 6.55. The maximum Gasteiger partial charge on any atom is 0.516 e. The van der Waals surface area contributed by atoms with Crippen LogP contribution >= 0.6 is 0 Å². The van der Waals surface area contributed by atoms with Crippen LogP contribution in [0.4, 0.5) is 0 Å². The molecule has 0 saturated carbocycles. The van der Waals surface area contributed by atoms with Gasteiger partial charge in [-0.2, -0.15) is 0 Å². The Morgan fingerprint density at radius 3 is 2.40 bits per heavy atom. The van der Waals surface area contributed by atoms with E-state index in [1.165, 1.54) is 6.33 Å². The summed E-state index contributed by atoms with van der Waals surface area (Å²) < 4.78 is 13.8. The molecule has 1 fully saturated rings. The molecule has 0 amide bonds. The SMILES string of the molecule is CC1(C)OB(c2cn(-c3ccncn3)cn2)OC1(C)C. The van der Waals surface area contributed by atoms with Gasteiger partial charge in [0.1, 0.15) is 12.1 Å². The molecule has 2 aromatic heterocycles. The topological polar surface area (TPSA) is 62.1 Å². The molecular formula is C13H17BN4O2. The molecule has 1 aliphatic heterocycles. The zero-order valence-corrected chi connectivity index (χ0v) is 12.1. The van der Waals surface area contributed by atoms with Crippen LogP contribution < -0.4 is 5.59 Å². The van der Waals surface area contributed by atoms with Gasteiger partial charge in [-0.3, -0.25) is 4.57 Å². The molecule has 104 valence electrons. The van der Waals surface area contributed by atoms with Gasteiger partial charge in [0, 0.05) is 12.4 Å². The van der Waals surface area contributed by atoms with Gasteiger partial charge in [-0.15, -0.1) is 0 Å². The minimum absolute atomic E-state index is 0.365. The zero-order chi connectivity index (χ0) is 14.4. The quantitative estimate of drug-likeness (QED) is 0.762. The van der Waals surface area contributed by atoms with Gasteiger partial charge >= 0.3 is 7.12 Å². The Labute approximate surface area is 118 Å². The smallest absolute Gasteiger partial charge is 0.398 e. The largest absolute Gasteiger partial charge is 0.516 e. The lowest BCUT2D eigenvalue weighted by molar-refractivity contribution is 0.00578. The Hall–Kier alpha value is -1.73. The number of hydrogen-bond donors (Lipinski definition) is 0. The number of imidazole rings is 1. The third-order valence-electron chi connectivity index (χ3n) is 3.93. The monoisotopic (exact) mass is 272 g/mol. The first-order chi connectivity index (χ1) is 9.39. The number of hydrogen-bond acceptors (Lipinski definition) is 5. The van der Waals surface area contributed by atoms with E-state index < -0.39 is 7.12 Å². The second-order valence-electron chi connectivity index (χ2n) is 5.86. The highest BCUT2D eigenvalue weighted by atomic mass is 16.7. The van der Waals surface area contributed by atoms with Crippen LogP contribution in [0.1, 0.15) is 27.7 Å². The molecule has 6 nitrogen and oxygen atoms in total. The van der Waals surface area contributed by atoms with Crippen molar-refractivity contribution in [3.05, 3.63) is 31.1 Å². The minimum atomic E-state index is -0.455. The molecule has 1 saturated heterocycles. The van der Waals surface area contributed by atoms with E-state index in [1.807, 2.05) is 44.5 Å². The summed E-state index contributed by atoms with van der Waals surface area (Å²) in [5.41, 5.74) is 0.00877. The average Bonchev–Trinajstić information content (AvgIpc) is 2.94. The second-order valence-corrected chi connectivity index (χ2v) is 5.86. The van der Waals surface area contributed by atoms with Crippen LogP contribution in [0.25, 0.3) is 5.82 Å². The van der Waals surface area contributed by atoms with Crippen LogP contribution in [0.15, 0.2) is 31.1 Å². The number of nitrogens with zero attached hydrogens (tertiary/aromatic N) is 4. The van der Waals surface area contributed by atoms with Crippen LogP contribution in [0, 0.1) is 0 Å². The summed E-state index contributed by atoms with van der Waals surface area (Å²) in [7, 11) is -0.455. The summed E-state index contributed by atoms with van der Waals surface area (Å²) in [5, 5.41) is 0. The van der Waals surface area contributed by atoms with E-state index in [9.17, 15) is 0 Å². The summed E-state index contributed by atoms with van der Waals surface area (Å²) in [5.74, 6) is 0.760. The molecule has 0 radical (unpaired) electrons. The molecule has 0 aromatic carbocycles. The highest BCUT2D eigenvalue weighted by Crippen LogP contribution is 2.36. The Bertz CT molecular complexity index is 596. The van der Waals surface area contributed by atoms with E-state index >= 15 is 0 Å². The lowest BCUT2D eigenvalue weighted by Crippen LogP contribution is -2.41. The summed E-state index contributed by atoms with van der Waals surface area (Å²) in [4.78, 5) is 12.4. The van der Waals surface area contributed by atoms with Gasteiger partial charge in [0.25, 0.3) is 0 Å². The van der Waals surface area contributed by atoms with Gasteiger partial charge in [-0.25, -0.2) is 15.0 Å². The van der Waals surface area contributed by atoms with Gasteiger partial charge in [0.05, 0.1) is 23.1 Å². The minimum Gasteiger partial charge on any atom is -0.398 e. The molecule has 20 heavy (non-hydrogen) atoms. The van der Waals surface area contributed by atoms with Gasteiger partial charge in [-0.05, 0) is 33.8 Å². The van der Waals surface area contributed by atoms with Crippen molar-refractivity contribution in [1.82, 2.24) is 19.5 Å². The molecule has 0 atom stereocenters. The van der Waals surface area contributed by atoms with Crippen LogP contribution in [0.3, 0.4) is 0 Å². The highest BCUT2D eigenvalue weighted by molar-refractivity contribution is 6.61. The molecule has 0 aliphatic carbocycles. The Morgan fingerprint density at radius 1 is 1.10 bits per heavy atom. The predicted octanol–water partition coefficient (Wildman–Crippen LogP) is 0.961. The Kier molecular flexibility index (Phi) is 2.91. The maximum absolute atomic E-state index is 5.97. The van der Waals surface area contributed by atoms with Crippen molar-refractivity contribution >= 4 is 12.7 Å². The fourth-order valence-electron chi connectivity index (χ4n) is 1.99. The fraction of sp³-hybridized carbons (Fsp3) is 0.462. The first kappa shape index (κ1) is 13.3. The standard InChI is InChI=1S/C13H17BN4O2/c1-12(2)13(3,4)20-14(19-12)10-7-18(9-17-10)11-5-6-15-8-16-11/h5-9H,1-4H3. The average molecular weight is 272 g/mol. The maximum atomic E-state index is 5.97. The van der Waals surface area contributed by atoms with E-state index in [0.717, 1.165) is 11.4 Å². The molecule has 0 bridgehead atoms. The highest BCUT2D eigenvalue weighted by Gasteiger charge is 2.52. The van der Waals surface area contributed by atoms with Crippen molar-refractivity contribution in [2.75, 3.05) is 0 Å². The molecule has 0 unspecified atom stereocenters.